The molecule has 1 aromatic heterocycles. The number of hydrogen-bond acceptors (Lipinski definition) is 4. The lowest BCUT2D eigenvalue weighted by Gasteiger charge is -1.79. The molecule has 2 N–H and O–H groups in total. The molecule has 0 aliphatic rings. The molecule has 0 atom stereocenters. The Morgan fingerprint density at radius 2 is 2.50 bits per heavy atom. The van der Waals surface area contributed by atoms with Gasteiger partial charge in [0.2, 0.25) is 0 Å². The highest BCUT2D eigenvalue weighted by atomic mass is 32.1. The van der Waals surface area contributed by atoms with Crippen LogP contribution in [0.3, 0.4) is 0 Å². The van der Waals surface area contributed by atoms with E-state index in [0.717, 1.165) is 11.3 Å². The molecule has 1 rings (SSSR count). The molecule has 0 spiro atoms. The lowest BCUT2D eigenvalue weighted by Crippen LogP contribution is -2.09. The quantitative estimate of drug-likeness (QED) is 0.615. The first-order valence-electron chi connectivity index (χ1n) is 2.45. The van der Waals surface area contributed by atoms with Crippen molar-refractivity contribution in [2.24, 2.45) is 5.73 Å². The summed E-state index contributed by atoms with van der Waals surface area (Å²) in [5.41, 5.74) is 4.87. The standard InChI is InChI=1S/C5H4N2O2S/c6-4(9)5-7-1-3(2-8)10-5/h1-2H,(H2,6,9). The predicted octanol–water partition coefficient (Wildman–Crippen LogP) is 0.0545. The van der Waals surface area contributed by atoms with Crippen molar-refractivity contribution < 1.29 is 9.59 Å². The molecular weight excluding hydrogens is 152 g/mol. The normalized spacial score (nSPS) is 9.20. The van der Waals surface area contributed by atoms with Gasteiger partial charge in [0.05, 0.1) is 4.88 Å². The number of aromatic nitrogens is 1. The third-order valence-corrected chi connectivity index (χ3v) is 1.79. The van der Waals surface area contributed by atoms with E-state index in [0.29, 0.717) is 11.2 Å². The average molecular weight is 156 g/mol. The Bertz CT molecular complexity index is 268. The maximum atomic E-state index is 10.4. The molecule has 0 saturated carbocycles. The Balaban J connectivity index is 2.98. The molecule has 0 bridgehead atoms. The van der Waals surface area contributed by atoms with E-state index >= 15 is 0 Å². The summed E-state index contributed by atoms with van der Waals surface area (Å²) < 4.78 is 0. The molecule has 10 heavy (non-hydrogen) atoms. The van der Waals surface area contributed by atoms with Gasteiger partial charge in [-0.3, -0.25) is 9.59 Å². The number of amides is 1. The van der Waals surface area contributed by atoms with Crippen LogP contribution in [0.25, 0.3) is 0 Å². The van der Waals surface area contributed by atoms with Crippen LogP contribution < -0.4 is 5.73 Å². The van der Waals surface area contributed by atoms with Gasteiger partial charge in [-0.2, -0.15) is 0 Å². The molecule has 0 aromatic carbocycles. The van der Waals surface area contributed by atoms with Crippen molar-refractivity contribution in [2.75, 3.05) is 0 Å². The van der Waals surface area contributed by atoms with Crippen LogP contribution in [0.5, 0.6) is 0 Å². The minimum Gasteiger partial charge on any atom is -0.364 e. The molecule has 5 heteroatoms. The lowest BCUT2D eigenvalue weighted by atomic mass is 10.6. The van der Waals surface area contributed by atoms with Gasteiger partial charge in [-0.1, -0.05) is 0 Å². The second kappa shape index (κ2) is 2.57. The molecule has 52 valence electrons. The van der Waals surface area contributed by atoms with Crippen molar-refractivity contribution in [2.45, 2.75) is 0 Å². The largest absolute Gasteiger partial charge is 0.364 e. The first kappa shape index (κ1) is 6.88. The molecule has 0 unspecified atom stereocenters. The fourth-order valence-corrected chi connectivity index (χ4v) is 1.04. The third kappa shape index (κ3) is 1.19. The van der Waals surface area contributed by atoms with Gasteiger partial charge in [0.1, 0.15) is 0 Å². The number of thiazole rings is 1. The van der Waals surface area contributed by atoms with Gasteiger partial charge in [-0.25, -0.2) is 4.98 Å². The zero-order valence-electron chi connectivity index (χ0n) is 4.90. The van der Waals surface area contributed by atoms with E-state index in [2.05, 4.69) is 4.98 Å². The Kier molecular flexibility index (Phi) is 1.77. The number of carbonyl (C=O) groups is 2. The molecule has 1 heterocycles. The van der Waals surface area contributed by atoms with Crippen molar-refractivity contribution in [1.82, 2.24) is 4.98 Å². The van der Waals surface area contributed by atoms with Crippen LogP contribution in [-0.2, 0) is 0 Å². The summed E-state index contributed by atoms with van der Waals surface area (Å²) in [6.07, 6.45) is 1.95. The first-order valence-corrected chi connectivity index (χ1v) is 3.26. The summed E-state index contributed by atoms with van der Waals surface area (Å²) in [5, 5.41) is 0.169. The van der Waals surface area contributed by atoms with Crippen LogP contribution in [0, 0.1) is 0 Å². The van der Waals surface area contributed by atoms with E-state index < -0.39 is 5.91 Å². The van der Waals surface area contributed by atoms with Gasteiger partial charge in [-0.15, -0.1) is 11.3 Å². The van der Waals surface area contributed by atoms with Crippen LogP contribution in [0.1, 0.15) is 19.5 Å². The summed E-state index contributed by atoms with van der Waals surface area (Å²) in [4.78, 5) is 24.5. The van der Waals surface area contributed by atoms with Gasteiger partial charge in [0, 0.05) is 6.20 Å². The fraction of sp³-hybridized carbons (Fsp3) is 0. The maximum absolute atomic E-state index is 10.4. The summed E-state index contributed by atoms with van der Waals surface area (Å²) in [7, 11) is 0. The zero-order valence-corrected chi connectivity index (χ0v) is 5.72. The number of hydrogen-bond donors (Lipinski definition) is 1. The van der Waals surface area contributed by atoms with Gasteiger partial charge in [0.25, 0.3) is 5.91 Å². The third-order valence-electron chi connectivity index (χ3n) is 0.851. The molecule has 4 nitrogen and oxygen atoms in total. The van der Waals surface area contributed by atoms with E-state index in [1.165, 1.54) is 6.20 Å². The molecule has 0 saturated heterocycles. The van der Waals surface area contributed by atoms with Crippen LogP contribution in [-0.4, -0.2) is 17.2 Å². The van der Waals surface area contributed by atoms with Crippen LogP contribution >= 0.6 is 11.3 Å². The minimum atomic E-state index is -0.599. The van der Waals surface area contributed by atoms with E-state index in [4.69, 9.17) is 5.73 Å². The van der Waals surface area contributed by atoms with Crippen molar-refractivity contribution in [3.8, 4) is 0 Å². The SMILES string of the molecule is NC(=O)c1ncc(C=O)s1. The summed E-state index contributed by atoms with van der Waals surface area (Å²) in [6, 6.07) is 0. The number of carbonyl (C=O) groups excluding carboxylic acids is 2. The molecule has 1 aromatic rings. The Morgan fingerprint density at radius 1 is 1.80 bits per heavy atom. The first-order chi connectivity index (χ1) is 4.74. The molecular formula is C5H4N2O2S. The Hall–Kier alpha value is -1.23. The highest BCUT2D eigenvalue weighted by Crippen LogP contribution is 2.08. The van der Waals surface area contributed by atoms with Crippen molar-refractivity contribution in [3.05, 3.63) is 16.1 Å². The highest BCUT2D eigenvalue weighted by molar-refractivity contribution is 7.15. The van der Waals surface area contributed by atoms with Crippen LogP contribution in [0.2, 0.25) is 0 Å². The fourth-order valence-electron chi connectivity index (χ4n) is 0.455. The predicted molar refractivity (Wildman–Crippen MR) is 36.0 cm³/mol. The Labute approximate surface area is 60.7 Å². The van der Waals surface area contributed by atoms with Crippen LogP contribution in [0.15, 0.2) is 6.20 Å². The van der Waals surface area contributed by atoms with E-state index in [1.54, 1.807) is 0 Å². The van der Waals surface area contributed by atoms with Crippen molar-refractivity contribution in [3.63, 3.8) is 0 Å². The average Bonchev–Trinajstić information content (AvgIpc) is 2.34. The molecule has 0 aliphatic heterocycles. The molecule has 0 radical (unpaired) electrons. The molecule has 1 amide bonds. The number of nitrogens with two attached hydrogens (primary N) is 1. The van der Waals surface area contributed by atoms with Crippen LogP contribution in [0.4, 0.5) is 0 Å². The van der Waals surface area contributed by atoms with Crippen molar-refractivity contribution in [1.29, 1.82) is 0 Å². The maximum Gasteiger partial charge on any atom is 0.277 e. The van der Waals surface area contributed by atoms with Crippen molar-refractivity contribution >= 4 is 23.5 Å². The number of aldehydes is 1. The topological polar surface area (TPSA) is 73.1 Å². The van der Waals surface area contributed by atoms with E-state index in [9.17, 15) is 9.59 Å². The molecule has 0 fully saturated rings. The van der Waals surface area contributed by atoms with Gasteiger partial charge in [-0.05, 0) is 0 Å². The van der Waals surface area contributed by atoms with Gasteiger partial charge >= 0.3 is 0 Å². The second-order valence-corrected chi connectivity index (χ2v) is 2.61. The summed E-state index contributed by atoms with van der Waals surface area (Å²) >= 11 is 0.987. The minimum absolute atomic E-state index is 0.169. The Morgan fingerprint density at radius 3 is 2.80 bits per heavy atom. The van der Waals surface area contributed by atoms with E-state index in [1.807, 2.05) is 0 Å². The van der Waals surface area contributed by atoms with Gasteiger partial charge < -0.3 is 5.73 Å². The zero-order chi connectivity index (χ0) is 7.56. The lowest BCUT2D eigenvalue weighted by molar-refractivity contribution is 0.0999. The highest BCUT2D eigenvalue weighted by Gasteiger charge is 2.04. The number of rotatable bonds is 2. The molecule has 0 aliphatic carbocycles. The second-order valence-electron chi connectivity index (χ2n) is 1.55. The monoisotopic (exact) mass is 156 g/mol. The van der Waals surface area contributed by atoms with Gasteiger partial charge in [0.15, 0.2) is 11.3 Å². The summed E-state index contributed by atoms with van der Waals surface area (Å²) in [5.74, 6) is -0.599. The smallest absolute Gasteiger partial charge is 0.277 e. The number of primary amides is 1. The van der Waals surface area contributed by atoms with E-state index in [-0.39, 0.29) is 5.01 Å². The number of nitrogens with zero attached hydrogens (tertiary/aromatic N) is 1. The summed E-state index contributed by atoms with van der Waals surface area (Å²) in [6.45, 7) is 0.